The van der Waals surface area contributed by atoms with Crippen LogP contribution in [0.25, 0.3) is 0 Å². The molecule has 0 aromatic heterocycles. The first-order chi connectivity index (χ1) is 10.9. The molecule has 6 heteroatoms. The number of benzene rings is 2. The number of nitrogens with one attached hydrogen (secondary N) is 2. The number of carbonyl (C=O) groups excluding carboxylic acids is 2. The van der Waals surface area contributed by atoms with Crippen LogP contribution in [0.2, 0.25) is 5.02 Å². The minimum atomic E-state index is -0.953. The molecule has 1 aliphatic heterocycles. The van der Waals surface area contributed by atoms with Gasteiger partial charge in [-0.1, -0.05) is 17.7 Å². The van der Waals surface area contributed by atoms with E-state index in [-0.39, 0.29) is 11.8 Å². The van der Waals surface area contributed by atoms with Crippen molar-refractivity contribution in [1.82, 2.24) is 0 Å². The molecule has 2 amide bonds. The summed E-state index contributed by atoms with van der Waals surface area (Å²) >= 11 is 5.82. The van der Waals surface area contributed by atoms with Gasteiger partial charge in [0.2, 0.25) is 0 Å². The molecular weight excluding hydrogens is 316 g/mol. The van der Waals surface area contributed by atoms with Crippen LogP contribution in [0.5, 0.6) is 5.75 Å². The van der Waals surface area contributed by atoms with Crippen LogP contribution >= 0.6 is 11.6 Å². The van der Waals surface area contributed by atoms with E-state index < -0.39 is 5.60 Å². The van der Waals surface area contributed by atoms with Gasteiger partial charge in [0.25, 0.3) is 11.8 Å². The van der Waals surface area contributed by atoms with Gasteiger partial charge in [0.05, 0.1) is 5.69 Å². The highest BCUT2D eigenvalue weighted by Crippen LogP contribution is 2.39. The average Bonchev–Trinajstić information content (AvgIpc) is 2.49. The first kappa shape index (κ1) is 15.4. The number of rotatable bonds is 2. The van der Waals surface area contributed by atoms with Crippen molar-refractivity contribution in [3.8, 4) is 5.75 Å². The predicted octanol–water partition coefficient (Wildman–Crippen LogP) is 3.70. The summed E-state index contributed by atoms with van der Waals surface area (Å²) in [5, 5.41) is 6.12. The summed E-state index contributed by atoms with van der Waals surface area (Å²) < 4.78 is 5.69. The van der Waals surface area contributed by atoms with Crippen LogP contribution in [-0.2, 0) is 4.79 Å². The van der Waals surface area contributed by atoms with Crippen LogP contribution in [-0.4, -0.2) is 17.4 Å². The number of ether oxygens (including phenoxy) is 1. The lowest BCUT2D eigenvalue weighted by atomic mass is 10.1. The van der Waals surface area contributed by atoms with Crippen molar-refractivity contribution >= 4 is 34.8 Å². The van der Waals surface area contributed by atoms with Gasteiger partial charge in [0.15, 0.2) is 5.60 Å². The molecule has 5 nitrogen and oxygen atoms in total. The van der Waals surface area contributed by atoms with E-state index in [0.717, 1.165) is 0 Å². The molecule has 118 valence electrons. The van der Waals surface area contributed by atoms with E-state index in [4.69, 9.17) is 16.3 Å². The quantitative estimate of drug-likeness (QED) is 0.882. The second-order valence-corrected chi connectivity index (χ2v) is 6.14. The zero-order valence-electron chi connectivity index (χ0n) is 12.6. The summed E-state index contributed by atoms with van der Waals surface area (Å²) in [7, 11) is 0. The van der Waals surface area contributed by atoms with Crippen molar-refractivity contribution in [2.45, 2.75) is 19.4 Å². The number of amides is 2. The lowest BCUT2D eigenvalue weighted by Crippen LogP contribution is -2.45. The standard InChI is InChI=1S/C17H15ClN2O3/c1-17(2)16(22)20-14-12(4-3-5-13(14)23-17)19-15(21)10-6-8-11(18)9-7-10/h3-9H,1-2H3,(H,19,21)(H,20,22). The van der Waals surface area contributed by atoms with E-state index in [1.165, 1.54) is 0 Å². The van der Waals surface area contributed by atoms with Crippen molar-refractivity contribution in [3.05, 3.63) is 53.1 Å². The monoisotopic (exact) mass is 330 g/mol. The number of carbonyl (C=O) groups is 2. The summed E-state index contributed by atoms with van der Waals surface area (Å²) in [4.78, 5) is 24.4. The third kappa shape index (κ3) is 3.00. The third-order valence-electron chi connectivity index (χ3n) is 3.53. The molecule has 2 N–H and O–H groups in total. The molecule has 0 unspecified atom stereocenters. The molecule has 3 rings (SSSR count). The predicted molar refractivity (Wildman–Crippen MR) is 89.2 cm³/mol. The van der Waals surface area contributed by atoms with Crippen molar-refractivity contribution in [2.24, 2.45) is 0 Å². The van der Waals surface area contributed by atoms with E-state index >= 15 is 0 Å². The van der Waals surface area contributed by atoms with Crippen LogP contribution in [0.1, 0.15) is 24.2 Å². The maximum atomic E-state index is 12.3. The number of anilines is 2. The first-order valence-electron chi connectivity index (χ1n) is 7.07. The SMILES string of the molecule is CC1(C)Oc2cccc(NC(=O)c3ccc(Cl)cc3)c2NC1=O. The van der Waals surface area contributed by atoms with E-state index in [2.05, 4.69) is 10.6 Å². The molecule has 2 aromatic carbocycles. The van der Waals surface area contributed by atoms with Crippen LogP contribution in [0, 0.1) is 0 Å². The Kier molecular flexibility index (Phi) is 3.74. The molecule has 0 aliphatic carbocycles. The maximum absolute atomic E-state index is 12.3. The molecule has 2 aromatic rings. The molecule has 0 radical (unpaired) electrons. The van der Waals surface area contributed by atoms with Gasteiger partial charge in [0.1, 0.15) is 11.4 Å². The summed E-state index contributed by atoms with van der Waals surface area (Å²) in [5.74, 6) is -0.0455. The highest BCUT2D eigenvalue weighted by atomic mass is 35.5. The second kappa shape index (κ2) is 5.59. The van der Waals surface area contributed by atoms with Crippen LogP contribution in [0.15, 0.2) is 42.5 Å². The second-order valence-electron chi connectivity index (χ2n) is 5.71. The minimum Gasteiger partial charge on any atom is -0.476 e. The normalized spacial score (nSPS) is 15.2. The number of hydrogen-bond acceptors (Lipinski definition) is 3. The molecule has 0 bridgehead atoms. The van der Waals surface area contributed by atoms with Crippen molar-refractivity contribution in [3.63, 3.8) is 0 Å². The molecule has 0 fully saturated rings. The molecule has 1 aliphatic rings. The lowest BCUT2D eigenvalue weighted by Gasteiger charge is -2.32. The average molecular weight is 331 g/mol. The van der Waals surface area contributed by atoms with Crippen molar-refractivity contribution in [1.29, 1.82) is 0 Å². The molecule has 1 heterocycles. The zero-order chi connectivity index (χ0) is 16.6. The van der Waals surface area contributed by atoms with Crippen LogP contribution < -0.4 is 15.4 Å². The summed E-state index contributed by atoms with van der Waals surface area (Å²) in [6, 6.07) is 11.7. The highest BCUT2D eigenvalue weighted by Gasteiger charge is 2.36. The molecular formula is C17H15ClN2O3. The minimum absolute atomic E-state index is 0.266. The van der Waals surface area contributed by atoms with Gasteiger partial charge < -0.3 is 15.4 Å². The number of para-hydroxylation sites is 1. The van der Waals surface area contributed by atoms with Crippen molar-refractivity contribution < 1.29 is 14.3 Å². The van der Waals surface area contributed by atoms with Gasteiger partial charge >= 0.3 is 0 Å². The Morgan fingerprint density at radius 3 is 2.57 bits per heavy atom. The van der Waals surface area contributed by atoms with Gasteiger partial charge in [-0.3, -0.25) is 9.59 Å². The fourth-order valence-corrected chi connectivity index (χ4v) is 2.36. The van der Waals surface area contributed by atoms with E-state index in [9.17, 15) is 9.59 Å². The zero-order valence-corrected chi connectivity index (χ0v) is 13.4. The number of fused-ring (bicyclic) bond motifs is 1. The maximum Gasteiger partial charge on any atom is 0.268 e. The Hall–Kier alpha value is -2.53. The Balaban J connectivity index is 1.89. The topological polar surface area (TPSA) is 67.4 Å². The molecule has 0 saturated heterocycles. The highest BCUT2D eigenvalue weighted by molar-refractivity contribution is 6.30. The Morgan fingerprint density at radius 1 is 1.17 bits per heavy atom. The molecule has 0 saturated carbocycles. The summed E-state index contributed by atoms with van der Waals surface area (Å²) in [6.45, 7) is 3.37. The van der Waals surface area contributed by atoms with Crippen molar-refractivity contribution in [2.75, 3.05) is 10.6 Å². The number of hydrogen-bond donors (Lipinski definition) is 2. The fourth-order valence-electron chi connectivity index (χ4n) is 2.23. The van der Waals surface area contributed by atoms with Gasteiger partial charge in [-0.2, -0.15) is 0 Å². The Morgan fingerprint density at radius 2 is 1.87 bits per heavy atom. The molecule has 23 heavy (non-hydrogen) atoms. The van der Waals surface area contributed by atoms with E-state index in [1.54, 1.807) is 56.3 Å². The molecule has 0 spiro atoms. The summed E-state index contributed by atoms with van der Waals surface area (Å²) in [5.41, 5.74) is 0.451. The van der Waals surface area contributed by atoms with E-state index in [0.29, 0.717) is 27.7 Å². The Bertz CT molecular complexity index is 785. The lowest BCUT2D eigenvalue weighted by molar-refractivity contribution is -0.129. The van der Waals surface area contributed by atoms with Gasteiger partial charge in [-0.15, -0.1) is 0 Å². The fraction of sp³-hybridized carbons (Fsp3) is 0.176. The number of halogens is 1. The van der Waals surface area contributed by atoms with Gasteiger partial charge in [-0.25, -0.2) is 0 Å². The first-order valence-corrected chi connectivity index (χ1v) is 7.45. The smallest absolute Gasteiger partial charge is 0.268 e. The third-order valence-corrected chi connectivity index (χ3v) is 3.78. The van der Waals surface area contributed by atoms with E-state index in [1.807, 2.05) is 0 Å². The molecule has 0 atom stereocenters. The van der Waals surface area contributed by atoms with Gasteiger partial charge in [0, 0.05) is 10.6 Å². The largest absolute Gasteiger partial charge is 0.476 e. The van der Waals surface area contributed by atoms with Gasteiger partial charge in [-0.05, 0) is 50.2 Å². The van der Waals surface area contributed by atoms with Crippen LogP contribution in [0.3, 0.4) is 0 Å². The Labute approximate surface area is 138 Å². The summed E-state index contributed by atoms with van der Waals surface area (Å²) in [6.07, 6.45) is 0. The van der Waals surface area contributed by atoms with Crippen LogP contribution in [0.4, 0.5) is 11.4 Å².